The van der Waals surface area contributed by atoms with Crippen molar-refractivity contribution in [2.75, 3.05) is 25.7 Å². The van der Waals surface area contributed by atoms with E-state index in [1.807, 2.05) is 0 Å². The van der Waals surface area contributed by atoms with Gasteiger partial charge in [-0.2, -0.15) is 0 Å². The van der Waals surface area contributed by atoms with Crippen LogP contribution in [0.15, 0.2) is 18.2 Å². The van der Waals surface area contributed by atoms with Gasteiger partial charge in [0.05, 0.1) is 24.7 Å². The van der Waals surface area contributed by atoms with Crippen LogP contribution in [0.5, 0.6) is 5.75 Å². The molecule has 0 saturated heterocycles. The van der Waals surface area contributed by atoms with Gasteiger partial charge in [0.25, 0.3) is 5.69 Å². The molecule has 0 saturated carbocycles. The van der Waals surface area contributed by atoms with Crippen molar-refractivity contribution in [1.29, 1.82) is 0 Å². The van der Waals surface area contributed by atoms with Crippen molar-refractivity contribution in [3.8, 4) is 5.75 Å². The fourth-order valence-electron chi connectivity index (χ4n) is 1.43. The predicted molar refractivity (Wildman–Crippen MR) is 64.6 cm³/mol. The maximum absolute atomic E-state index is 11.0. The lowest BCUT2D eigenvalue weighted by Crippen LogP contribution is -2.32. The number of benzene rings is 1. The van der Waals surface area contributed by atoms with Gasteiger partial charge in [0.2, 0.25) is 0 Å². The van der Waals surface area contributed by atoms with E-state index in [2.05, 4.69) is 0 Å². The summed E-state index contributed by atoms with van der Waals surface area (Å²) in [6.45, 7) is 1.72. The van der Waals surface area contributed by atoms with Gasteiger partial charge in [0.15, 0.2) is 0 Å². The van der Waals surface area contributed by atoms with Crippen LogP contribution in [0.3, 0.4) is 0 Å². The Balaban J connectivity index is 3.18. The molecule has 0 bridgehead atoms. The number of nitro groups is 1. The van der Waals surface area contributed by atoms with E-state index in [0.29, 0.717) is 11.4 Å². The van der Waals surface area contributed by atoms with Gasteiger partial charge in [-0.3, -0.25) is 10.1 Å². The van der Waals surface area contributed by atoms with Crippen LogP contribution in [0, 0.1) is 10.1 Å². The maximum atomic E-state index is 11.0. The molecule has 0 aromatic heterocycles. The summed E-state index contributed by atoms with van der Waals surface area (Å²) in [5, 5.41) is 20.0. The molecule has 0 spiro atoms. The maximum Gasteiger partial charge on any atom is 0.296 e. The molecule has 0 heterocycles. The Morgan fingerprint density at radius 3 is 2.71 bits per heavy atom. The lowest BCUT2D eigenvalue weighted by atomic mass is 10.2. The highest BCUT2D eigenvalue weighted by Crippen LogP contribution is 2.32. The lowest BCUT2D eigenvalue weighted by molar-refractivity contribution is -0.384. The van der Waals surface area contributed by atoms with Crippen molar-refractivity contribution in [1.82, 2.24) is 0 Å². The normalized spacial score (nSPS) is 12.0. The van der Waals surface area contributed by atoms with E-state index >= 15 is 0 Å². The van der Waals surface area contributed by atoms with Gasteiger partial charge < -0.3 is 14.7 Å². The summed E-state index contributed by atoms with van der Waals surface area (Å²) < 4.78 is 4.95. The molecule has 1 rings (SSSR count). The molecule has 0 fully saturated rings. The fourth-order valence-corrected chi connectivity index (χ4v) is 1.43. The van der Waals surface area contributed by atoms with Gasteiger partial charge in [0.1, 0.15) is 11.4 Å². The Morgan fingerprint density at radius 1 is 1.59 bits per heavy atom. The van der Waals surface area contributed by atoms with Gasteiger partial charge >= 0.3 is 0 Å². The molecule has 1 aromatic carbocycles. The van der Waals surface area contributed by atoms with Gasteiger partial charge in [-0.1, -0.05) is 0 Å². The zero-order valence-electron chi connectivity index (χ0n) is 10.1. The molecule has 0 aliphatic heterocycles. The van der Waals surface area contributed by atoms with Crippen molar-refractivity contribution >= 4 is 11.4 Å². The molecule has 6 heteroatoms. The van der Waals surface area contributed by atoms with Crippen LogP contribution in [-0.2, 0) is 0 Å². The van der Waals surface area contributed by atoms with Crippen LogP contribution >= 0.6 is 0 Å². The number of likely N-dealkylation sites (N-methyl/N-ethyl adjacent to an activating group) is 1. The number of hydrogen-bond acceptors (Lipinski definition) is 5. The van der Waals surface area contributed by atoms with Crippen LogP contribution < -0.4 is 9.64 Å². The largest absolute Gasteiger partial charge is 0.496 e. The number of rotatable bonds is 5. The molecule has 6 nitrogen and oxygen atoms in total. The van der Waals surface area contributed by atoms with Crippen molar-refractivity contribution in [2.45, 2.75) is 13.0 Å². The zero-order valence-corrected chi connectivity index (χ0v) is 10.1. The summed E-state index contributed by atoms with van der Waals surface area (Å²) in [5.41, 5.74) is 0.421. The Morgan fingerprint density at radius 2 is 2.24 bits per heavy atom. The summed E-state index contributed by atoms with van der Waals surface area (Å²) in [6.07, 6.45) is 0. The number of ether oxygens (including phenoxy) is 1. The summed E-state index contributed by atoms with van der Waals surface area (Å²) in [6, 6.07) is 4.45. The van der Waals surface area contributed by atoms with E-state index < -0.39 is 4.92 Å². The van der Waals surface area contributed by atoms with Crippen LogP contribution in [0.25, 0.3) is 0 Å². The number of nitro benzene ring substituents is 1. The topological polar surface area (TPSA) is 75.8 Å². The van der Waals surface area contributed by atoms with E-state index in [1.165, 1.54) is 13.2 Å². The Labute approximate surface area is 99.6 Å². The number of nitrogens with zero attached hydrogens (tertiary/aromatic N) is 2. The highest BCUT2D eigenvalue weighted by Gasteiger charge is 2.20. The van der Waals surface area contributed by atoms with E-state index in [0.717, 1.165) is 0 Å². The number of methoxy groups -OCH3 is 1. The van der Waals surface area contributed by atoms with Crippen molar-refractivity contribution in [2.24, 2.45) is 0 Å². The number of hydrogen-bond donors (Lipinski definition) is 1. The predicted octanol–water partition coefficient (Wildman–Crippen LogP) is 1.42. The first-order valence-electron chi connectivity index (χ1n) is 5.17. The first-order chi connectivity index (χ1) is 8.01. The standard InChI is InChI=1S/C11H16N2O4/c1-8(7-14)12(2)10-5-4-9(17-3)6-11(10)13(15)16/h4-6,8,14H,7H2,1-3H3. The summed E-state index contributed by atoms with van der Waals surface area (Å²) >= 11 is 0. The third-order valence-electron chi connectivity index (χ3n) is 2.68. The zero-order chi connectivity index (χ0) is 13.0. The second-order valence-corrected chi connectivity index (χ2v) is 3.75. The molecule has 0 aliphatic carbocycles. The van der Waals surface area contributed by atoms with E-state index in [1.54, 1.807) is 31.0 Å². The SMILES string of the molecule is COc1ccc(N(C)C(C)CO)c([N+](=O)[O-])c1. The van der Waals surface area contributed by atoms with Gasteiger partial charge in [0, 0.05) is 13.1 Å². The van der Waals surface area contributed by atoms with Gasteiger partial charge in [-0.15, -0.1) is 0 Å². The van der Waals surface area contributed by atoms with Crippen LogP contribution in [0.2, 0.25) is 0 Å². The van der Waals surface area contributed by atoms with Gasteiger partial charge in [-0.25, -0.2) is 0 Å². The number of aliphatic hydroxyl groups excluding tert-OH is 1. The molecule has 17 heavy (non-hydrogen) atoms. The third kappa shape index (κ3) is 2.85. The highest BCUT2D eigenvalue weighted by molar-refractivity contribution is 5.65. The van der Waals surface area contributed by atoms with Crippen molar-refractivity contribution in [3.63, 3.8) is 0 Å². The fraction of sp³-hybridized carbons (Fsp3) is 0.455. The lowest BCUT2D eigenvalue weighted by Gasteiger charge is -2.25. The molecule has 94 valence electrons. The van der Waals surface area contributed by atoms with E-state index in [-0.39, 0.29) is 18.3 Å². The minimum absolute atomic E-state index is 0.0350. The Kier molecular flexibility index (Phi) is 4.28. The van der Waals surface area contributed by atoms with E-state index in [9.17, 15) is 10.1 Å². The van der Waals surface area contributed by atoms with Crippen LogP contribution in [0.1, 0.15) is 6.92 Å². The summed E-state index contributed by atoms with van der Waals surface area (Å²) in [4.78, 5) is 12.2. The van der Waals surface area contributed by atoms with E-state index in [4.69, 9.17) is 9.84 Å². The average Bonchev–Trinajstić information content (AvgIpc) is 2.35. The first kappa shape index (κ1) is 13.2. The second-order valence-electron chi connectivity index (χ2n) is 3.75. The first-order valence-corrected chi connectivity index (χ1v) is 5.17. The number of aliphatic hydroxyl groups is 1. The number of anilines is 1. The Bertz CT molecular complexity index is 408. The average molecular weight is 240 g/mol. The van der Waals surface area contributed by atoms with Crippen LogP contribution in [0.4, 0.5) is 11.4 Å². The molecule has 0 aliphatic rings. The highest BCUT2D eigenvalue weighted by atomic mass is 16.6. The molecule has 1 atom stereocenters. The minimum Gasteiger partial charge on any atom is -0.496 e. The quantitative estimate of drug-likeness (QED) is 0.622. The molecule has 1 unspecified atom stereocenters. The molecule has 0 radical (unpaired) electrons. The van der Waals surface area contributed by atoms with Crippen LogP contribution in [-0.4, -0.2) is 36.8 Å². The summed E-state index contributed by atoms with van der Waals surface area (Å²) in [7, 11) is 3.16. The van der Waals surface area contributed by atoms with Crippen molar-refractivity contribution < 1.29 is 14.8 Å². The van der Waals surface area contributed by atoms with Crippen molar-refractivity contribution in [3.05, 3.63) is 28.3 Å². The molecule has 0 amide bonds. The minimum atomic E-state index is -0.460. The third-order valence-corrected chi connectivity index (χ3v) is 2.68. The van der Waals surface area contributed by atoms with Gasteiger partial charge in [-0.05, 0) is 19.1 Å². The Hall–Kier alpha value is -1.82. The molecule has 1 aromatic rings. The summed E-state index contributed by atoms with van der Waals surface area (Å²) in [5.74, 6) is 0.436. The monoisotopic (exact) mass is 240 g/mol. The molecular weight excluding hydrogens is 224 g/mol. The molecular formula is C11H16N2O4. The second kappa shape index (κ2) is 5.49. The smallest absolute Gasteiger partial charge is 0.296 e. The molecule has 1 N–H and O–H groups in total.